The maximum atomic E-state index is 13.6. The highest BCUT2D eigenvalue weighted by molar-refractivity contribution is 5.09. The van der Waals surface area contributed by atoms with E-state index in [-0.39, 0.29) is 0 Å². The van der Waals surface area contributed by atoms with Crippen molar-refractivity contribution in [2.24, 2.45) is 0 Å². The molecular formula is C12H2F24O. The molecule has 224 valence electrons. The normalized spacial score (nSPS) is 18.2. The van der Waals surface area contributed by atoms with Crippen LogP contribution >= 0.6 is 0 Å². The third-order valence-electron chi connectivity index (χ3n) is 3.89. The highest BCUT2D eigenvalue weighted by atomic mass is 19.5. The van der Waals surface area contributed by atoms with Crippen molar-refractivity contribution < 1.29 is 110 Å². The van der Waals surface area contributed by atoms with Crippen molar-refractivity contribution in [3.8, 4) is 0 Å². The minimum atomic E-state index is -8.58. The molecule has 0 rings (SSSR count). The van der Waals surface area contributed by atoms with Crippen molar-refractivity contribution in [1.29, 1.82) is 0 Å². The second-order valence-corrected chi connectivity index (χ2v) is 6.53. The molecule has 0 aliphatic heterocycles. The first kappa shape index (κ1) is 35.3. The molecule has 2 unspecified atom stereocenters. The summed E-state index contributed by atoms with van der Waals surface area (Å²) in [4.78, 5) is 0. The minimum absolute atomic E-state index is 1.53. The third-order valence-corrected chi connectivity index (χ3v) is 3.89. The largest absolute Gasteiger partial charge is 0.459 e. The number of hydrogen-bond acceptors (Lipinski definition) is 1. The van der Waals surface area contributed by atoms with Gasteiger partial charge in [0.15, 0.2) is 0 Å². The van der Waals surface area contributed by atoms with Gasteiger partial charge in [0.25, 0.3) is 0 Å². The van der Waals surface area contributed by atoms with Crippen LogP contribution in [-0.4, -0.2) is 72.4 Å². The molecule has 0 heterocycles. The Morgan fingerprint density at radius 2 is 0.459 bits per heavy atom. The summed E-state index contributed by atoms with van der Waals surface area (Å²) in [5, 5.41) is 0. The van der Waals surface area contributed by atoms with E-state index in [4.69, 9.17) is 0 Å². The van der Waals surface area contributed by atoms with Crippen LogP contribution in [0.15, 0.2) is 0 Å². The van der Waals surface area contributed by atoms with Crippen molar-refractivity contribution in [3.05, 3.63) is 0 Å². The first-order valence-electron chi connectivity index (χ1n) is 7.66. The smallest absolute Gasteiger partial charge is 0.348 e. The van der Waals surface area contributed by atoms with E-state index in [1.54, 1.807) is 0 Å². The number of ether oxygens (including phenoxy) is 1. The van der Waals surface area contributed by atoms with Crippen LogP contribution in [0.25, 0.3) is 0 Å². The summed E-state index contributed by atoms with van der Waals surface area (Å²) in [6, 6.07) is 0. The Labute approximate surface area is 184 Å². The lowest BCUT2D eigenvalue weighted by Gasteiger charge is -2.43. The first-order chi connectivity index (χ1) is 15.5. The summed E-state index contributed by atoms with van der Waals surface area (Å²) in [6.45, 7) is 0. The van der Waals surface area contributed by atoms with E-state index in [1.807, 2.05) is 0 Å². The van der Waals surface area contributed by atoms with Crippen molar-refractivity contribution in [1.82, 2.24) is 0 Å². The zero-order valence-corrected chi connectivity index (χ0v) is 15.6. The average molecular weight is 618 g/mol. The van der Waals surface area contributed by atoms with Gasteiger partial charge in [-0.3, -0.25) is 0 Å². The van der Waals surface area contributed by atoms with E-state index in [2.05, 4.69) is 0 Å². The van der Waals surface area contributed by atoms with Crippen LogP contribution in [0.3, 0.4) is 0 Å². The van der Waals surface area contributed by atoms with Gasteiger partial charge in [0.1, 0.15) is 0 Å². The van der Waals surface area contributed by atoms with Crippen LogP contribution in [-0.2, 0) is 4.74 Å². The Balaban J connectivity index is 7.68. The number of alkyl halides is 24. The Bertz CT molecular complexity index is 725. The van der Waals surface area contributed by atoms with Crippen LogP contribution in [0.2, 0.25) is 0 Å². The fraction of sp³-hybridized carbons (Fsp3) is 1.00. The van der Waals surface area contributed by atoms with Crippen molar-refractivity contribution in [2.75, 3.05) is 0 Å². The Morgan fingerprint density at radius 1 is 0.270 bits per heavy atom. The monoisotopic (exact) mass is 618 g/mol. The van der Waals surface area contributed by atoms with Gasteiger partial charge in [-0.05, 0) is 0 Å². The molecular weight excluding hydrogens is 616 g/mol. The van der Waals surface area contributed by atoms with Gasteiger partial charge in [-0.2, -0.15) is 105 Å². The van der Waals surface area contributed by atoms with Gasteiger partial charge in [-0.15, -0.1) is 0 Å². The summed E-state index contributed by atoms with van der Waals surface area (Å²) in [5.41, 5.74) is 0. The number of halogens is 24. The lowest BCUT2D eigenvalue weighted by molar-refractivity contribution is -0.453. The Morgan fingerprint density at radius 3 is 0.595 bits per heavy atom. The van der Waals surface area contributed by atoms with E-state index in [1.165, 1.54) is 4.74 Å². The lowest BCUT2D eigenvalue weighted by Crippen LogP contribution is -2.71. The highest BCUT2D eigenvalue weighted by Gasteiger charge is 2.87. The van der Waals surface area contributed by atoms with Gasteiger partial charge in [0.05, 0.1) is 0 Å². The molecule has 2 atom stereocenters. The maximum Gasteiger partial charge on any atom is 0.459 e. The van der Waals surface area contributed by atoms with Gasteiger partial charge < -0.3 is 4.74 Å². The first-order valence-corrected chi connectivity index (χ1v) is 7.66. The maximum absolute atomic E-state index is 13.6. The van der Waals surface area contributed by atoms with Crippen LogP contribution in [0.4, 0.5) is 105 Å². The predicted molar refractivity (Wildman–Crippen MR) is 62.6 cm³/mol. The summed E-state index contributed by atoms with van der Waals surface area (Å²) in [5.74, 6) is -50.8. The topological polar surface area (TPSA) is 9.23 Å². The molecule has 0 amide bonds. The van der Waals surface area contributed by atoms with Crippen LogP contribution < -0.4 is 0 Å². The van der Waals surface area contributed by atoms with Gasteiger partial charge in [0, 0.05) is 0 Å². The number of hydrogen-bond donors (Lipinski definition) is 0. The van der Waals surface area contributed by atoms with Gasteiger partial charge >= 0.3 is 60.2 Å². The molecule has 0 aromatic heterocycles. The SMILES string of the molecule is FC(F)(F)C(F)(F)C(OC(C(F)(F)C(F)(F)F)C(F)(F)C(F)(F)C(F)(F)F)C(F)(F)C(F)(F)C(F)(F)F. The zero-order valence-electron chi connectivity index (χ0n) is 15.6. The molecule has 0 aliphatic carbocycles. The number of rotatable bonds is 8. The molecule has 0 N–H and O–H groups in total. The standard InChI is InChI=1S/C12H2F24O/c13-3(14,7(21,22)11(31,32)33)1(5(17,18)9(25,26)27)37-2(6(19,20)10(28,29)30)4(15,16)8(23,24)12(34,35)36/h1-2H. The molecule has 0 aromatic rings. The second kappa shape index (κ2) is 8.91. The van der Waals surface area contributed by atoms with Crippen LogP contribution in [0, 0.1) is 0 Å². The lowest BCUT2D eigenvalue weighted by atomic mass is 9.95. The quantitative estimate of drug-likeness (QED) is 0.253. The van der Waals surface area contributed by atoms with E-state index in [0.717, 1.165) is 0 Å². The van der Waals surface area contributed by atoms with Crippen molar-refractivity contribution >= 4 is 0 Å². The minimum Gasteiger partial charge on any atom is -0.348 e. The van der Waals surface area contributed by atoms with E-state index >= 15 is 0 Å². The van der Waals surface area contributed by atoms with E-state index < -0.39 is 72.4 Å². The summed E-state index contributed by atoms with van der Waals surface area (Å²) in [7, 11) is 0. The molecule has 25 heteroatoms. The highest BCUT2D eigenvalue weighted by Crippen LogP contribution is 2.59. The zero-order chi connectivity index (χ0) is 30.9. The predicted octanol–water partition coefficient (Wildman–Crippen LogP) is 7.80. The molecule has 0 saturated carbocycles. The van der Waals surface area contributed by atoms with Gasteiger partial charge in [-0.1, -0.05) is 0 Å². The molecule has 0 aromatic carbocycles. The molecule has 0 fully saturated rings. The van der Waals surface area contributed by atoms with Crippen molar-refractivity contribution in [3.63, 3.8) is 0 Å². The van der Waals surface area contributed by atoms with E-state index in [0.29, 0.717) is 0 Å². The third kappa shape index (κ3) is 5.54. The molecule has 0 spiro atoms. The molecule has 37 heavy (non-hydrogen) atoms. The van der Waals surface area contributed by atoms with Crippen LogP contribution in [0.5, 0.6) is 0 Å². The second-order valence-electron chi connectivity index (χ2n) is 6.53. The average Bonchev–Trinajstić information content (AvgIpc) is 2.56. The summed E-state index contributed by atoms with van der Waals surface area (Å²) < 4.78 is 309. The molecule has 0 saturated heterocycles. The fourth-order valence-corrected chi connectivity index (χ4v) is 1.94. The Hall–Kier alpha value is -1.72. The Kier molecular flexibility index (Phi) is 8.50. The molecule has 1 nitrogen and oxygen atoms in total. The van der Waals surface area contributed by atoms with E-state index in [9.17, 15) is 105 Å². The summed E-state index contributed by atoms with van der Waals surface area (Å²) in [6.07, 6.45) is -47.2. The summed E-state index contributed by atoms with van der Waals surface area (Å²) >= 11 is 0. The fourth-order valence-electron chi connectivity index (χ4n) is 1.94. The van der Waals surface area contributed by atoms with Crippen molar-refractivity contribution in [2.45, 2.75) is 72.4 Å². The van der Waals surface area contributed by atoms with Crippen LogP contribution in [0.1, 0.15) is 0 Å². The van der Waals surface area contributed by atoms with Gasteiger partial charge in [0.2, 0.25) is 12.2 Å². The van der Waals surface area contributed by atoms with Gasteiger partial charge in [-0.25, -0.2) is 0 Å². The molecule has 0 bridgehead atoms. The molecule has 0 aliphatic rings. The molecule has 0 radical (unpaired) electrons.